The number of likely N-dealkylation sites (N-methyl/N-ethyl adjacent to an activating group) is 1. The monoisotopic (exact) mass is 391 g/mol. The van der Waals surface area contributed by atoms with Crippen molar-refractivity contribution in [2.75, 3.05) is 31.3 Å². The van der Waals surface area contributed by atoms with Crippen molar-refractivity contribution in [2.24, 2.45) is 0 Å². The lowest BCUT2D eigenvalue weighted by molar-refractivity contribution is -0.116. The third kappa shape index (κ3) is 5.53. The first-order valence-corrected chi connectivity index (χ1v) is 9.44. The van der Waals surface area contributed by atoms with Crippen molar-refractivity contribution >= 4 is 33.2 Å². The number of nitrogens with one attached hydrogen (secondary N) is 2. The van der Waals surface area contributed by atoms with Crippen LogP contribution in [0.2, 0.25) is 0 Å². The van der Waals surface area contributed by atoms with E-state index in [2.05, 4.69) is 10.6 Å². The van der Waals surface area contributed by atoms with Gasteiger partial charge in [0, 0.05) is 25.3 Å². The third-order valence-electron chi connectivity index (χ3n) is 3.62. The minimum absolute atomic E-state index is 0.0678. The van der Waals surface area contributed by atoms with Gasteiger partial charge in [-0.05, 0) is 48.5 Å². The van der Waals surface area contributed by atoms with Gasteiger partial charge in [0.05, 0.1) is 18.6 Å². The SMILES string of the molecule is COc1ccc(S(=O)(=O)N(C)CC(=O)Nc2ccc(NC(C)=O)cc2)cc1. The molecule has 0 aliphatic rings. The molecule has 0 bridgehead atoms. The van der Waals surface area contributed by atoms with Gasteiger partial charge in [0.25, 0.3) is 0 Å². The highest BCUT2D eigenvalue weighted by Gasteiger charge is 2.23. The molecule has 0 aliphatic carbocycles. The molecule has 0 aliphatic heterocycles. The fourth-order valence-electron chi connectivity index (χ4n) is 2.26. The number of methoxy groups -OCH3 is 1. The maximum atomic E-state index is 12.5. The lowest BCUT2D eigenvalue weighted by Crippen LogP contribution is -2.34. The van der Waals surface area contributed by atoms with Gasteiger partial charge in [0.2, 0.25) is 21.8 Å². The van der Waals surface area contributed by atoms with E-state index in [1.54, 1.807) is 24.3 Å². The average Bonchev–Trinajstić information content (AvgIpc) is 2.62. The van der Waals surface area contributed by atoms with E-state index in [1.165, 1.54) is 45.3 Å². The summed E-state index contributed by atoms with van der Waals surface area (Å²) < 4.78 is 31.0. The zero-order chi connectivity index (χ0) is 20.0. The zero-order valence-electron chi connectivity index (χ0n) is 15.2. The van der Waals surface area contributed by atoms with Crippen LogP contribution >= 0.6 is 0 Å². The number of hydrogen-bond donors (Lipinski definition) is 2. The number of anilines is 2. The molecule has 2 rings (SSSR count). The number of hydrogen-bond acceptors (Lipinski definition) is 5. The summed E-state index contributed by atoms with van der Waals surface area (Å²) in [7, 11) is -0.981. The van der Waals surface area contributed by atoms with Gasteiger partial charge in [-0.25, -0.2) is 8.42 Å². The number of ether oxygens (including phenoxy) is 1. The van der Waals surface area contributed by atoms with Gasteiger partial charge in [-0.15, -0.1) is 0 Å². The maximum absolute atomic E-state index is 12.5. The second-order valence-corrected chi connectivity index (χ2v) is 7.79. The minimum Gasteiger partial charge on any atom is -0.497 e. The highest BCUT2D eigenvalue weighted by Crippen LogP contribution is 2.19. The average molecular weight is 391 g/mol. The maximum Gasteiger partial charge on any atom is 0.243 e. The topological polar surface area (TPSA) is 105 Å². The molecule has 0 fully saturated rings. The Morgan fingerprint density at radius 1 is 0.963 bits per heavy atom. The molecule has 0 saturated carbocycles. The van der Waals surface area contributed by atoms with Crippen LogP contribution in [0, 0.1) is 0 Å². The van der Waals surface area contributed by atoms with Crippen LogP contribution in [0.25, 0.3) is 0 Å². The molecule has 0 atom stereocenters. The van der Waals surface area contributed by atoms with E-state index >= 15 is 0 Å². The van der Waals surface area contributed by atoms with Crippen molar-refractivity contribution in [2.45, 2.75) is 11.8 Å². The highest BCUT2D eigenvalue weighted by molar-refractivity contribution is 7.89. The highest BCUT2D eigenvalue weighted by atomic mass is 32.2. The first-order chi connectivity index (χ1) is 12.7. The van der Waals surface area contributed by atoms with E-state index in [0.29, 0.717) is 17.1 Å². The molecule has 27 heavy (non-hydrogen) atoms. The molecule has 2 N–H and O–H groups in total. The van der Waals surface area contributed by atoms with Gasteiger partial charge in [-0.2, -0.15) is 4.31 Å². The molecule has 0 radical (unpaired) electrons. The van der Waals surface area contributed by atoms with Crippen LogP contribution in [0.1, 0.15) is 6.92 Å². The zero-order valence-corrected chi connectivity index (χ0v) is 16.0. The van der Waals surface area contributed by atoms with E-state index in [0.717, 1.165) is 4.31 Å². The summed E-state index contributed by atoms with van der Waals surface area (Å²) in [5.74, 6) is -0.143. The van der Waals surface area contributed by atoms with Crippen molar-refractivity contribution in [3.8, 4) is 5.75 Å². The minimum atomic E-state index is -3.80. The Labute approximate surface area is 158 Å². The number of sulfonamides is 1. The second-order valence-electron chi connectivity index (χ2n) is 5.74. The normalized spacial score (nSPS) is 11.1. The van der Waals surface area contributed by atoms with Crippen molar-refractivity contribution in [3.05, 3.63) is 48.5 Å². The molecule has 0 heterocycles. The predicted molar refractivity (Wildman–Crippen MR) is 102 cm³/mol. The molecular weight excluding hydrogens is 370 g/mol. The smallest absolute Gasteiger partial charge is 0.243 e. The van der Waals surface area contributed by atoms with Crippen LogP contribution in [-0.2, 0) is 19.6 Å². The molecule has 0 unspecified atom stereocenters. The summed E-state index contributed by atoms with van der Waals surface area (Å²) in [5, 5.41) is 5.23. The standard InChI is InChI=1S/C18H21N3O5S/c1-13(22)19-14-4-6-15(7-5-14)20-18(23)12-21(2)27(24,25)17-10-8-16(26-3)9-11-17/h4-11H,12H2,1-3H3,(H,19,22)(H,20,23). The van der Waals surface area contributed by atoms with Crippen LogP contribution in [0.4, 0.5) is 11.4 Å². The number of carbonyl (C=O) groups excluding carboxylic acids is 2. The first kappa shape index (κ1) is 20.4. The van der Waals surface area contributed by atoms with Gasteiger partial charge in [-0.1, -0.05) is 0 Å². The van der Waals surface area contributed by atoms with Crippen LogP contribution in [0.3, 0.4) is 0 Å². The Morgan fingerprint density at radius 2 is 1.48 bits per heavy atom. The molecule has 0 aromatic heterocycles. The summed E-state index contributed by atoms with van der Waals surface area (Å²) in [6.07, 6.45) is 0. The third-order valence-corrected chi connectivity index (χ3v) is 5.44. The van der Waals surface area contributed by atoms with E-state index in [-0.39, 0.29) is 17.3 Å². The Kier molecular flexibility index (Phi) is 6.54. The number of rotatable bonds is 7. The molecule has 2 aromatic carbocycles. The fraction of sp³-hybridized carbons (Fsp3) is 0.222. The van der Waals surface area contributed by atoms with Crippen LogP contribution in [-0.4, -0.2) is 45.2 Å². The molecule has 144 valence electrons. The first-order valence-electron chi connectivity index (χ1n) is 8.00. The summed E-state index contributed by atoms with van der Waals surface area (Å²) >= 11 is 0. The molecule has 9 heteroatoms. The predicted octanol–water partition coefficient (Wildman–Crippen LogP) is 1.91. The molecule has 0 saturated heterocycles. The van der Waals surface area contributed by atoms with Gasteiger partial charge in [0.15, 0.2) is 0 Å². The van der Waals surface area contributed by atoms with Crippen molar-refractivity contribution in [1.29, 1.82) is 0 Å². The fourth-order valence-corrected chi connectivity index (χ4v) is 3.38. The van der Waals surface area contributed by atoms with Gasteiger partial charge < -0.3 is 15.4 Å². The van der Waals surface area contributed by atoms with E-state index in [9.17, 15) is 18.0 Å². The van der Waals surface area contributed by atoms with E-state index in [1.807, 2.05) is 0 Å². The van der Waals surface area contributed by atoms with Crippen LogP contribution in [0.15, 0.2) is 53.4 Å². The summed E-state index contributed by atoms with van der Waals surface area (Å²) in [4.78, 5) is 23.2. The van der Waals surface area contributed by atoms with Crippen LogP contribution in [0.5, 0.6) is 5.75 Å². The molecule has 8 nitrogen and oxygen atoms in total. The number of carbonyl (C=O) groups is 2. The van der Waals surface area contributed by atoms with Gasteiger partial charge in [0.1, 0.15) is 5.75 Å². The number of nitrogens with zero attached hydrogens (tertiary/aromatic N) is 1. The molecule has 2 amide bonds. The largest absolute Gasteiger partial charge is 0.497 e. The van der Waals surface area contributed by atoms with Gasteiger partial charge >= 0.3 is 0 Å². The quantitative estimate of drug-likeness (QED) is 0.750. The summed E-state index contributed by atoms with van der Waals surface area (Å²) in [6, 6.07) is 12.4. The van der Waals surface area contributed by atoms with Crippen LogP contribution < -0.4 is 15.4 Å². The van der Waals surface area contributed by atoms with Gasteiger partial charge in [-0.3, -0.25) is 9.59 Å². The lowest BCUT2D eigenvalue weighted by Gasteiger charge is -2.17. The molecule has 2 aromatic rings. The summed E-state index contributed by atoms with van der Waals surface area (Å²) in [5.41, 5.74) is 1.09. The molecule has 0 spiro atoms. The van der Waals surface area contributed by atoms with Crippen molar-refractivity contribution in [1.82, 2.24) is 4.31 Å². The number of benzene rings is 2. The lowest BCUT2D eigenvalue weighted by atomic mass is 10.2. The van der Waals surface area contributed by atoms with Crippen molar-refractivity contribution < 1.29 is 22.7 Å². The van der Waals surface area contributed by atoms with E-state index in [4.69, 9.17) is 4.74 Å². The Morgan fingerprint density at radius 3 is 1.96 bits per heavy atom. The summed E-state index contributed by atoms with van der Waals surface area (Å²) in [6.45, 7) is 1.05. The van der Waals surface area contributed by atoms with E-state index < -0.39 is 15.9 Å². The van der Waals surface area contributed by atoms with Crippen molar-refractivity contribution in [3.63, 3.8) is 0 Å². The molecular formula is C18H21N3O5S. The Balaban J connectivity index is 2.00. The number of amides is 2. The Hall–Kier alpha value is -2.91. The second kappa shape index (κ2) is 8.65. The Bertz CT molecular complexity index is 909.